The molecule has 0 bridgehead atoms. The summed E-state index contributed by atoms with van der Waals surface area (Å²) < 4.78 is 32.3. The Morgan fingerprint density at radius 1 is 1.12 bits per heavy atom. The van der Waals surface area contributed by atoms with E-state index in [0.717, 1.165) is 11.6 Å². The maximum atomic E-state index is 15.7. The molecule has 0 fully saturated rings. The van der Waals surface area contributed by atoms with Gasteiger partial charge in [0.2, 0.25) is 5.91 Å². The van der Waals surface area contributed by atoms with Gasteiger partial charge in [0, 0.05) is 29.8 Å². The van der Waals surface area contributed by atoms with Crippen LogP contribution in [0.4, 0.5) is 8.78 Å². The summed E-state index contributed by atoms with van der Waals surface area (Å²) >= 11 is 0. The molecule has 33 heavy (non-hydrogen) atoms. The average molecular weight is 444 g/mol. The zero-order chi connectivity index (χ0) is 23.1. The fourth-order valence-electron chi connectivity index (χ4n) is 3.99. The Bertz CT molecular complexity index is 1490. The van der Waals surface area contributed by atoms with E-state index in [1.807, 2.05) is 0 Å². The van der Waals surface area contributed by atoms with Crippen molar-refractivity contribution in [2.24, 2.45) is 12.8 Å². The van der Waals surface area contributed by atoms with E-state index in [2.05, 4.69) is 20.3 Å². The summed E-state index contributed by atoms with van der Waals surface area (Å²) in [5.74, 6) is -3.50. The van der Waals surface area contributed by atoms with Crippen LogP contribution < -0.4 is 5.73 Å². The lowest BCUT2D eigenvalue weighted by Crippen LogP contribution is -2.23. The number of hydrogen-bond acceptors (Lipinski definition) is 4. The number of H-pyrrole nitrogens is 1. The molecule has 3 heterocycles. The van der Waals surface area contributed by atoms with Gasteiger partial charge < -0.3 is 5.73 Å². The topological polar surface area (TPSA) is 102 Å². The molecule has 0 spiro atoms. The van der Waals surface area contributed by atoms with Gasteiger partial charge in [0.15, 0.2) is 0 Å². The number of carbonyl (C=O) groups excluding carboxylic acids is 1. The maximum Gasteiger partial charge on any atom is 0.229 e. The van der Waals surface area contributed by atoms with E-state index >= 15 is 4.39 Å². The van der Waals surface area contributed by atoms with Gasteiger partial charge in [-0.05, 0) is 17.7 Å². The van der Waals surface area contributed by atoms with Crippen LogP contribution >= 0.6 is 0 Å². The maximum absolute atomic E-state index is 15.7. The van der Waals surface area contributed by atoms with Crippen LogP contribution in [-0.4, -0.2) is 30.9 Å². The monoisotopic (exact) mass is 444 g/mol. The molecule has 0 saturated heterocycles. The zero-order valence-corrected chi connectivity index (χ0v) is 17.5. The first-order valence-corrected chi connectivity index (χ1v) is 10.1. The van der Waals surface area contributed by atoms with Crippen LogP contribution in [0.1, 0.15) is 17.0 Å². The molecule has 1 amide bonds. The van der Waals surface area contributed by atoms with E-state index in [0.29, 0.717) is 22.2 Å². The number of halogens is 2. The summed E-state index contributed by atoms with van der Waals surface area (Å²) in [6.07, 6.45) is 4.90. The minimum Gasteiger partial charge on any atom is -0.369 e. The second-order valence-corrected chi connectivity index (χ2v) is 7.66. The number of primary amides is 1. The molecule has 0 aliphatic heterocycles. The number of aromatic amines is 1. The average Bonchev–Trinajstić information content (AvgIpc) is 3.42. The zero-order valence-electron chi connectivity index (χ0n) is 17.5. The van der Waals surface area contributed by atoms with Gasteiger partial charge in [-0.25, -0.2) is 8.78 Å². The lowest BCUT2D eigenvalue weighted by Gasteiger charge is -2.17. The molecule has 5 rings (SSSR count). The van der Waals surface area contributed by atoms with Crippen molar-refractivity contribution < 1.29 is 13.6 Å². The minimum atomic E-state index is -1.07. The molecule has 7 nitrogen and oxygen atoms in total. The lowest BCUT2D eigenvalue weighted by atomic mass is 9.88. The predicted octanol–water partition coefficient (Wildman–Crippen LogP) is 3.92. The molecule has 3 N–H and O–H groups in total. The van der Waals surface area contributed by atoms with Crippen LogP contribution in [0.25, 0.3) is 33.4 Å². The third-order valence-corrected chi connectivity index (χ3v) is 5.53. The SMILES string of the molecule is Cn1cc(-c2n[nH]c3cnc(-c4c(F)ccc(C(C(N)=O)c5ccccc5)c4F)cc23)cn1. The minimum absolute atomic E-state index is 0.0216. The molecular weight excluding hydrogens is 426 g/mol. The first-order valence-electron chi connectivity index (χ1n) is 10.1. The Hall–Kier alpha value is -4.40. The van der Waals surface area contributed by atoms with Gasteiger partial charge in [-0.2, -0.15) is 10.2 Å². The molecule has 5 aromatic rings. The van der Waals surface area contributed by atoms with Gasteiger partial charge in [0.1, 0.15) is 17.3 Å². The predicted molar refractivity (Wildman–Crippen MR) is 119 cm³/mol. The van der Waals surface area contributed by atoms with Crippen molar-refractivity contribution in [3.8, 4) is 22.5 Å². The van der Waals surface area contributed by atoms with E-state index in [1.165, 1.54) is 12.3 Å². The highest BCUT2D eigenvalue weighted by Crippen LogP contribution is 2.35. The van der Waals surface area contributed by atoms with Crippen molar-refractivity contribution >= 4 is 16.8 Å². The number of pyridine rings is 1. The quantitative estimate of drug-likeness (QED) is 0.429. The Balaban J connectivity index is 1.68. The van der Waals surface area contributed by atoms with Crippen molar-refractivity contribution in [3.63, 3.8) is 0 Å². The highest BCUT2D eigenvalue weighted by Gasteiger charge is 2.27. The van der Waals surface area contributed by atoms with Gasteiger partial charge >= 0.3 is 0 Å². The van der Waals surface area contributed by atoms with Crippen molar-refractivity contribution in [2.75, 3.05) is 0 Å². The first-order chi connectivity index (χ1) is 15.9. The summed E-state index contributed by atoms with van der Waals surface area (Å²) in [4.78, 5) is 16.5. The van der Waals surface area contributed by atoms with Crippen LogP contribution in [-0.2, 0) is 11.8 Å². The molecule has 0 aliphatic rings. The van der Waals surface area contributed by atoms with Gasteiger partial charge in [-0.15, -0.1) is 0 Å². The number of aromatic nitrogens is 5. The Kier molecular flexibility index (Phi) is 4.93. The smallest absolute Gasteiger partial charge is 0.229 e. The number of fused-ring (bicyclic) bond motifs is 1. The van der Waals surface area contributed by atoms with Crippen LogP contribution in [0.5, 0.6) is 0 Å². The summed E-state index contributed by atoms with van der Waals surface area (Å²) in [5, 5.41) is 12.0. The number of aryl methyl sites for hydroxylation is 1. The molecule has 0 aliphatic carbocycles. The van der Waals surface area contributed by atoms with E-state index in [4.69, 9.17) is 5.73 Å². The molecule has 0 saturated carbocycles. The number of amides is 1. The van der Waals surface area contributed by atoms with Crippen molar-refractivity contribution in [1.82, 2.24) is 25.0 Å². The number of hydrogen-bond donors (Lipinski definition) is 2. The molecule has 2 aromatic carbocycles. The van der Waals surface area contributed by atoms with Gasteiger partial charge in [-0.3, -0.25) is 19.6 Å². The Labute approximate surface area is 186 Å². The normalized spacial score (nSPS) is 12.2. The molecule has 9 heteroatoms. The van der Waals surface area contributed by atoms with E-state index in [9.17, 15) is 9.18 Å². The third kappa shape index (κ3) is 3.53. The van der Waals surface area contributed by atoms with E-state index in [1.54, 1.807) is 60.5 Å². The van der Waals surface area contributed by atoms with E-state index in [-0.39, 0.29) is 16.8 Å². The largest absolute Gasteiger partial charge is 0.369 e. The molecule has 3 aromatic heterocycles. The summed E-state index contributed by atoms with van der Waals surface area (Å²) in [5.41, 5.74) is 7.76. The molecular formula is C24H18F2N6O. The number of nitrogens with zero attached hydrogens (tertiary/aromatic N) is 4. The summed E-state index contributed by atoms with van der Waals surface area (Å²) in [7, 11) is 1.78. The molecule has 164 valence electrons. The van der Waals surface area contributed by atoms with Gasteiger partial charge in [-0.1, -0.05) is 36.4 Å². The highest BCUT2D eigenvalue weighted by molar-refractivity contribution is 5.94. The van der Waals surface area contributed by atoms with Crippen LogP contribution in [0.2, 0.25) is 0 Å². The van der Waals surface area contributed by atoms with Crippen molar-refractivity contribution in [2.45, 2.75) is 5.92 Å². The second-order valence-electron chi connectivity index (χ2n) is 7.66. The third-order valence-electron chi connectivity index (χ3n) is 5.53. The van der Waals surface area contributed by atoms with Gasteiger partial charge in [0.25, 0.3) is 0 Å². The van der Waals surface area contributed by atoms with Crippen LogP contribution in [0.3, 0.4) is 0 Å². The van der Waals surface area contributed by atoms with Crippen LogP contribution in [0.15, 0.2) is 67.1 Å². The Morgan fingerprint density at radius 2 is 1.91 bits per heavy atom. The second kappa shape index (κ2) is 7.94. The van der Waals surface area contributed by atoms with Gasteiger partial charge in [0.05, 0.1) is 35.1 Å². The standard InChI is InChI=1S/C24H18F2N6O/c1-32-12-14(10-29-32)23-16-9-18(28-11-19(16)30-31-23)21-17(25)8-7-15(22(21)26)20(24(27)33)13-5-3-2-4-6-13/h2-12,20H,1H3,(H2,27,33)(H,30,31). The lowest BCUT2D eigenvalue weighted by molar-refractivity contribution is -0.118. The van der Waals surface area contributed by atoms with Crippen molar-refractivity contribution in [1.29, 1.82) is 0 Å². The molecule has 1 atom stereocenters. The number of nitrogens with one attached hydrogen (secondary N) is 1. The highest BCUT2D eigenvalue weighted by atomic mass is 19.1. The van der Waals surface area contributed by atoms with Crippen molar-refractivity contribution in [3.05, 3.63) is 89.9 Å². The number of rotatable bonds is 5. The number of nitrogens with two attached hydrogens (primary N) is 1. The first kappa shape index (κ1) is 20.5. The molecule has 0 radical (unpaired) electrons. The fourth-order valence-corrected chi connectivity index (χ4v) is 3.99. The number of benzene rings is 2. The van der Waals surface area contributed by atoms with Crippen LogP contribution in [0, 0.1) is 11.6 Å². The summed E-state index contributed by atoms with van der Waals surface area (Å²) in [6.45, 7) is 0. The summed E-state index contributed by atoms with van der Waals surface area (Å²) in [6, 6.07) is 12.5. The number of carbonyl (C=O) groups is 1. The fraction of sp³-hybridized carbons (Fsp3) is 0.0833. The van der Waals surface area contributed by atoms with E-state index < -0.39 is 23.5 Å². The Morgan fingerprint density at radius 3 is 2.61 bits per heavy atom. The molecule has 1 unspecified atom stereocenters.